The van der Waals surface area contributed by atoms with E-state index in [1.165, 1.54) is 18.3 Å². The zero-order valence-corrected chi connectivity index (χ0v) is 11.9. The fourth-order valence-corrected chi connectivity index (χ4v) is 3.65. The van der Waals surface area contributed by atoms with Crippen molar-refractivity contribution in [2.24, 2.45) is 0 Å². The van der Waals surface area contributed by atoms with E-state index in [1.54, 1.807) is 6.92 Å². The highest BCUT2D eigenvalue weighted by Crippen LogP contribution is 2.22. The number of hydrogen-bond donors (Lipinski definition) is 0. The number of thiazole rings is 1. The largest absolute Gasteiger partial charge is 0.294 e. The molecule has 1 rings (SSSR count). The highest BCUT2D eigenvalue weighted by molar-refractivity contribution is 7.90. The van der Waals surface area contributed by atoms with Gasteiger partial charge in [-0.2, -0.15) is 0 Å². The summed E-state index contributed by atoms with van der Waals surface area (Å²) in [6, 6.07) is 0. The molecule has 0 fully saturated rings. The highest BCUT2D eigenvalue weighted by Gasteiger charge is 2.18. The third-order valence-corrected chi connectivity index (χ3v) is 5.31. The molecule has 0 amide bonds. The molecule has 0 aliphatic carbocycles. The summed E-state index contributed by atoms with van der Waals surface area (Å²) < 4.78 is 23.0. The van der Waals surface area contributed by atoms with E-state index in [0.29, 0.717) is 9.88 Å². The topological polar surface area (TPSA) is 64.1 Å². The maximum atomic E-state index is 11.5. The number of carbonyl (C=O) groups excluding carboxylic acids is 1. The van der Waals surface area contributed by atoms with Gasteiger partial charge in [-0.25, -0.2) is 13.4 Å². The summed E-state index contributed by atoms with van der Waals surface area (Å²) in [6.45, 7) is 5.11. The number of aromatic nitrogens is 1. The van der Waals surface area contributed by atoms with Crippen molar-refractivity contribution in [3.05, 3.63) is 15.6 Å². The van der Waals surface area contributed by atoms with Gasteiger partial charge in [-0.15, -0.1) is 11.3 Å². The van der Waals surface area contributed by atoms with E-state index >= 15 is 0 Å². The molecular weight excluding hydrogens is 258 g/mol. The van der Waals surface area contributed by atoms with Gasteiger partial charge >= 0.3 is 0 Å². The number of aryl methyl sites for hydroxylation is 1. The van der Waals surface area contributed by atoms with Crippen LogP contribution >= 0.6 is 11.3 Å². The molecule has 4 nitrogen and oxygen atoms in total. The van der Waals surface area contributed by atoms with Crippen LogP contribution in [0.1, 0.15) is 47.6 Å². The van der Waals surface area contributed by atoms with Crippen molar-refractivity contribution in [3.63, 3.8) is 0 Å². The van der Waals surface area contributed by atoms with E-state index in [4.69, 9.17) is 0 Å². The van der Waals surface area contributed by atoms with Crippen LogP contribution in [0.3, 0.4) is 0 Å². The minimum absolute atomic E-state index is 0.0360. The van der Waals surface area contributed by atoms with Crippen LogP contribution in [-0.2, 0) is 22.0 Å². The summed E-state index contributed by atoms with van der Waals surface area (Å²) >= 11 is 1.21. The predicted molar refractivity (Wildman–Crippen MR) is 69.3 cm³/mol. The van der Waals surface area contributed by atoms with Gasteiger partial charge in [0.15, 0.2) is 15.6 Å². The van der Waals surface area contributed by atoms with Crippen molar-refractivity contribution in [3.8, 4) is 0 Å². The predicted octanol–water partition coefficient (Wildman–Crippen LogP) is 2.23. The van der Waals surface area contributed by atoms with E-state index in [2.05, 4.69) is 4.98 Å². The normalized spacial score (nSPS) is 11.7. The van der Waals surface area contributed by atoms with E-state index < -0.39 is 9.84 Å². The van der Waals surface area contributed by atoms with Crippen LogP contribution in [0.2, 0.25) is 0 Å². The van der Waals surface area contributed by atoms with E-state index in [0.717, 1.165) is 18.5 Å². The fraction of sp³-hybridized carbons (Fsp3) is 0.636. The zero-order chi connectivity index (χ0) is 13.1. The van der Waals surface area contributed by atoms with Gasteiger partial charge in [0.05, 0.1) is 10.6 Å². The summed E-state index contributed by atoms with van der Waals surface area (Å²) in [5, 5.41) is 0.528. The molecule has 0 bridgehead atoms. The summed E-state index contributed by atoms with van der Waals surface area (Å²) in [5.41, 5.74) is 0.742. The molecule has 96 valence electrons. The molecule has 0 aromatic carbocycles. The van der Waals surface area contributed by atoms with Crippen molar-refractivity contribution in [1.29, 1.82) is 0 Å². The van der Waals surface area contributed by atoms with Crippen molar-refractivity contribution in [2.75, 3.05) is 5.75 Å². The van der Waals surface area contributed by atoms with E-state index in [1.807, 2.05) is 6.92 Å². The smallest absolute Gasteiger partial charge is 0.171 e. The number of Topliss-reactive ketones (excluding diaryl/α,β-unsaturated/α-hetero) is 1. The Morgan fingerprint density at radius 2 is 2.00 bits per heavy atom. The third-order valence-electron chi connectivity index (χ3n) is 2.33. The standard InChI is InChI=1S/C11H17NO3S2/c1-4-6-9-11(8(3)13)16-10(12-9)7-17(14,15)5-2/h4-7H2,1-3H3. The number of rotatable bonds is 6. The summed E-state index contributed by atoms with van der Waals surface area (Å²) in [4.78, 5) is 16.3. The lowest BCUT2D eigenvalue weighted by atomic mass is 10.2. The van der Waals surface area contributed by atoms with Crippen molar-refractivity contribution in [2.45, 2.75) is 39.4 Å². The summed E-state index contributed by atoms with van der Waals surface area (Å²) in [6.07, 6.45) is 1.61. The Hall–Kier alpha value is -0.750. The van der Waals surface area contributed by atoms with Crippen LogP contribution in [0.25, 0.3) is 0 Å². The molecule has 0 saturated heterocycles. The van der Waals surface area contributed by atoms with Crippen molar-refractivity contribution in [1.82, 2.24) is 4.98 Å². The molecule has 0 aliphatic rings. The SMILES string of the molecule is CCCc1nc(CS(=O)(=O)CC)sc1C(C)=O. The van der Waals surface area contributed by atoms with Gasteiger partial charge in [0.1, 0.15) is 10.8 Å². The monoisotopic (exact) mass is 275 g/mol. The van der Waals surface area contributed by atoms with Crippen LogP contribution in [0.15, 0.2) is 0 Å². The summed E-state index contributed by atoms with van der Waals surface area (Å²) in [5.74, 6) is 0.00888. The van der Waals surface area contributed by atoms with Crippen LogP contribution in [-0.4, -0.2) is 24.9 Å². The molecule has 0 saturated carbocycles. The molecule has 1 heterocycles. The summed E-state index contributed by atoms with van der Waals surface area (Å²) in [7, 11) is -3.08. The number of nitrogens with zero attached hydrogens (tertiary/aromatic N) is 1. The molecule has 0 unspecified atom stereocenters. The first-order valence-corrected chi connectivity index (χ1v) is 8.23. The van der Waals surface area contributed by atoms with Gasteiger partial charge in [-0.1, -0.05) is 20.3 Å². The molecule has 0 aliphatic heterocycles. The first-order valence-electron chi connectivity index (χ1n) is 5.59. The Morgan fingerprint density at radius 3 is 2.47 bits per heavy atom. The van der Waals surface area contributed by atoms with Gasteiger partial charge in [-0.3, -0.25) is 4.79 Å². The van der Waals surface area contributed by atoms with Crippen LogP contribution < -0.4 is 0 Å². The molecule has 0 atom stereocenters. The molecule has 0 N–H and O–H groups in total. The molecule has 1 aromatic rings. The Bertz CT molecular complexity index is 503. The lowest BCUT2D eigenvalue weighted by molar-refractivity contribution is 0.102. The highest BCUT2D eigenvalue weighted by atomic mass is 32.2. The lowest BCUT2D eigenvalue weighted by Gasteiger charge is -1.96. The van der Waals surface area contributed by atoms with Crippen LogP contribution in [0.4, 0.5) is 0 Å². The Balaban J connectivity index is 3.04. The van der Waals surface area contributed by atoms with Crippen LogP contribution in [0, 0.1) is 0 Å². The maximum absolute atomic E-state index is 11.5. The minimum atomic E-state index is -3.08. The van der Waals surface area contributed by atoms with Gasteiger partial charge in [0, 0.05) is 12.7 Å². The molecule has 6 heteroatoms. The lowest BCUT2D eigenvalue weighted by Crippen LogP contribution is -2.06. The average Bonchev–Trinajstić information content (AvgIpc) is 2.61. The molecule has 0 radical (unpaired) electrons. The first-order chi connectivity index (χ1) is 7.89. The van der Waals surface area contributed by atoms with Gasteiger partial charge in [0.2, 0.25) is 0 Å². The fourth-order valence-electron chi connectivity index (χ4n) is 1.43. The van der Waals surface area contributed by atoms with E-state index in [-0.39, 0.29) is 17.3 Å². The molecule has 1 aromatic heterocycles. The van der Waals surface area contributed by atoms with Gasteiger partial charge in [-0.05, 0) is 6.42 Å². The van der Waals surface area contributed by atoms with E-state index in [9.17, 15) is 13.2 Å². The minimum Gasteiger partial charge on any atom is -0.294 e. The average molecular weight is 275 g/mol. The number of hydrogen-bond acceptors (Lipinski definition) is 5. The Labute approximate surface area is 106 Å². The van der Waals surface area contributed by atoms with Crippen molar-refractivity contribution < 1.29 is 13.2 Å². The first kappa shape index (κ1) is 14.3. The second-order valence-electron chi connectivity index (χ2n) is 3.87. The maximum Gasteiger partial charge on any atom is 0.171 e. The van der Waals surface area contributed by atoms with Crippen molar-refractivity contribution >= 4 is 27.0 Å². The third kappa shape index (κ3) is 3.89. The molecule has 0 spiro atoms. The number of carbonyl (C=O) groups is 1. The second kappa shape index (κ2) is 5.73. The number of sulfone groups is 1. The quantitative estimate of drug-likeness (QED) is 0.747. The number of ketones is 1. The molecule has 17 heavy (non-hydrogen) atoms. The van der Waals surface area contributed by atoms with Crippen LogP contribution in [0.5, 0.6) is 0 Å². The Morgan fingerprint density at radius 1 is 1.35 bits per heavy atom. The van der Waals surface area contributed by atoms with Gasteiger partial charge in [0.25, 0.3) is 0 Å². The Kier molecular flexibility index (Phi) is 4.82. The zero-order valence-electron chi connectivity index (χ0n) is 10.3. The molecular formula is C11H17NO3S2. The van der Waals surface area contributed by atoms with Gasteiger partial charge < -0.3 is 0 Å². The second-order valence-corrected chi connectivity index (χ2v) is 7.30.